The molecule has 1 aromatic rings. The highest BCUT2D eigenvalue weighted by atomic mass is 32.2. The molecular weight excluding hydrogens is 314 g/mol. The third-order valence-corrected chi connectivity index (χ3v) is 5.12. The van der Waals surface area contributed by atoms with Gasteiger partial charge >= 0.3 is 0 Å². The van der Waals surface area contributed by atoms with Crippen LogP contribution in [0.1, 0.15) is 29.8 Å². The summed E-state index contributed by atoms with van der Waals surface area (Å²) >= 11 is 0. The number of sulfonamides is 1. The van der Waals surface area contributed by atoms with Gasteiger partial charge in [0.25, 0.3) is 5.91 Å². The van der Waals surface area contributed by atoms with Gasteiger partial charge in [-0.15, -0.1) is 0 Å². The predicted molar refractivity (Wildman–Crippen MR) is 90.7 cm³/mol. The summed E-state index contributed by atoms with van der Waals surface area (Å²) in [7, 11) is -3.10. The lowest BCUT2D eigenvalue weighted by Gasteiger charge is -2.33. The van der Waals surface area contributed by atoms with Crippen LogP contribution in [0.4, 0.5) is 0 Å². The largest absolute Gasteiger partial charge is 0.350 e. The number of hydrogen-bond donors (Lipinski definition) is 1. The number of nitrogens with zero attached hydrogens (tertiary/aromatic N) is 2. The van der Waals surface area contributed by atoms with E-state index in [0.29, 0.717) is 31.7 Å². The van der Waals surface area contributed by atoms with Crippen molar-refractivity contribution in [2.24, 2.45) is 0 Å². The quantitative estimate of drug-likeness (QED) is 0.865. The second-order valence-electron chi connectivity index (χ2n) is 6.27. The SMILES string of the molecule is CC(C)NC(=O)c1cccc(CN2CCN(S(C)(=O)=O)CC2)c1. The third-order valence-electron chi connectivity index (χ3n) is 3.82. The molecule has 1 amide bonds. The fourth-order valence-electron chi connectivity index (χ4n) is 2.63. The van der Waals surface area contributed by atoms with Crippen molar-refractivity contribution in [1.29, 1.82) is 0 Å². The van der Waals surface area contributed by atoms with Gasteiger partial charge in [-0.25, -0.2) is 8.42 Å². The van der Waals surface area contributed by atoms with E-state index in [1.54, 1.807) is 0 Å². The van der Waals surface area contributed by atoms with Crippen molar-refractivity contribution >= 4 is 15.9 Å². The first-order chi connectivity index (χ1) is 10.8. The summed E-state index contributed by atoms with van der Waals surface area (Å²) in [6.07, 6.45) is 1.25. The lowest BCUT2D eigenvalue weighted by Crippen LogP contribution is -2.47. The molecule has 0 spiro atoms. The van der Waals surface area contributed by atoms with Crippen LogP contribution in [0, 0.1) is 0 Å². The van der Waals surface area contributed by atoms with E-state index in [-0.39, 0.29) is 11.9 Å². The number of amides is 1. The van der Waals surface area contributed by atoms with Gasteiger partial charge in [-0.3, -0.25) is 9.69 Å². The van der Waals surface area contributed by atoms with Gasteiger partial charge in [0.1, 0.15) is 0 Å². The number of hydrogen-bond acceptors (Lipinski definition) is 4. The van der Waals surface area contributed by atoms with E-state index in [2.05, 4.69) is 10.2 Å². The van der Waals surface area contributed by atoms with Crippen LogP contribution >= 0.6 is 0 Å². The van der Waals surface area contributed by atoms with E-state index < -0.39 is 10.0 Å². The minimum absolute atomic E-state index is 0.0660. The lowest BCUT2D eigenvalue weighted by molar-refractivity contribution is 0.0943. The van der Waals surface area contributed by atoms with Crippen LogP contribution in [-0.4, -0.2) is 62.0 Å². The maximum absolute atomic E-state index is 12.1. The molecule has 23 heavy (non-hydrogen) atoms. The standard InChI is InChI=1S/C16H25N3O3S/c1-13(2)17-16(20)15-6-4-5-14(11-15)12-18-7-9-19(10-8-18)23(3,21)22/h4-6,11,13H,7-10,12H2,1-3H3,(H,17,20). The number of rotatable bonds is 5. The Morgan fingerprint density at radius 1 is 1.22 bits per heavy atom. The minimum atomic E-state index is -3.10. The van der Waals surface area contributed by atoms with Crippen LogP contribution in [0.3, 0.4) is 0 Å². The Morgan fingerprint density at radius 2 is 1.87 bits per heavy atom. The topological polar surface area (TPSA) is 69.7 Å². The van der Waals surface area contributed by atoms with Crippen molar-refractivity contribution in [1.82, 2.24) is 14.5 Å². The minimum Gasteiger partial charge on any atom is -0.350 e. The van der Waals surface area contributed by atoms with Crippen LogP contribution in [0.5, 0.6) is 0 Å². The van der Waals surface area contributed by atoms with Gasteiger partial charge in [0, 0.05) is 44.3 Å². The highest BCUT2D eigenvalue weighted by Crippen LogP contribution is 2.12. The zero-order valence-electron chi connectivity index (χ0n) is 13.9. The molecule has 1 saturated heterocycles. The molecule has 0 atom stereocenters. The van der Waals surface area contributed by atoms with E-state index in [4.69, 9.17) is 0 Å². The first-order valence-electron chi connectivity index (χ1n) is 7.83. The monoisotopic (exact) mass is 339 g/mol. The Hall–Kier alpha value is -1.44. The van der Waals surface area contributed by atoms with Crippen LogP contribution in [0.15, 0.2) is 24.3 Å². The number of nitrogens with one attached hydrogen (secondary N) is 1. The Morgan fingerprint density at radius 3 is 2.43 bits per heavy atom. The maximum atomic E-state index is 12.1. The Balaban J connectivity index is 1.95. The molecular formula is C16H25N3O3S. The van der Waals surface area contributed by atoms with Gasteiger partial charge in [0.2, 0.25) is 10.0 Å². The highest BCUT2D eigenvalue weighted by molar-refractivity contribution is 7.88. The molecule has 0 aromatic heterocycles. The Kier molecular flexibility index (Phi) is 5.78. The fourth-order valence-corrected chi connectivity index (χ4v) is 3.46. The van der Waals surface area contributed by atoms with E-state index in [1.807, 2.05) is 38.1 Å². The molecule has 2 rings (SSSR count). The average Bonchev–Trinajstić information content (AvgIpc) is 2.46. The van der Waals surface area contributed by atoms with E-state index in [1.165, 1.54) is 10.6 Å². The first kappa shape index (κ1) is 17.9. The summed E-state index contributed by atoms with van der Waals surface area (Å²) in [5, 5.41) is 2.89. The smallest absolute Gasteiger partial charge is 0.251 e. The molecule has 0 unspecified atom stereocenters. The highest BCUT2D eigenvalue weighted by Gasteiger charge is 2.23. The maximum Gasteiger partial charge on any atom is 0.251 e. The Labute approximate surface area is 138 Å². The summed E-state index contributed by atoms with van der Waals surface area (Å²) in [5.41, 5.74) is 1.72. The predicted octanol–water partition coefficient (Wildman–Crippen LogP) is 0.902. The summed E-state index contributed by atoms with van der Waals surface area (Å²) in [5.74, 6) is -0.0660. The van der Waals surface area contributed by atoms with E-state index >= 15 is 0 Å². The third kappa shape index (κ3) is 5.30. The molecule has 0 bridgehead atoms. The summed E-state index contributed by atoms with van der Waals surface area (Å²) in [6, 6.07) is 7.70. The number of carbonyl (C=O) groups excluding carboxylic acids is 1. The second kappa shape index (κ2) is 7.42. The van der Waals surface area contributed by atoms with Crippen molar-refractivity contribution in [2.45, 2.75) is 26.4 Å². The number of benzene rings is 1. The van der Waals surface area contributed by atoms with Gasteiger partial charge in [0.05, 0.1) is 6.26 Å². The molecule has 1 aromatic carbocycles. The number of piperazine rings is 1. The fraction of sp³-hybridized carbons (Fsp3) is 0.562. The van der Waals surface area contributed by atoms with E-state index in [0.717, 1.165) is 12.1 Å². The molecule has 0 aliphatic carbocycles. The number of carbonyl (C=O) groups is 1. The molecule has 1 fully saturated rings. The van der Waals surface area contributed by atoms with Gasteiger partial charge in [-0.2, -0.15) is 4.31 Å². The molecule has 128 valence electrons. The second-order valence-corrected chi connectivity index (χ2v) is 8.25. The summed E-state index contributed by atoms with van der Waals surface area (Å²) in [4.78, 5) is 14.3. The van der Waals surface area contributed by atoms with Crippen molar-refractivity contribution in [3.05, 3.63) is 35.4 Å². The molecule has 1 aliphatic rings. The average molecular weight is 339 g/mol. The van der Waals surface area contributed by atoms with Crippen LogP contribution in [0.25, 0.3) is 0 Å². The van der Waals surface area contributed by atoms with Crippen molar-refractivity contribution in [2.75, 3.05) is 32.4 Å². The molecule has 0 radical (unpaired) electrons. The van der Waals surface area contributed by atoms with Crippen LogP contribution in [-0.2, 0) is 16.6 Å². The van der Waals surface area contributed by atoms with E-state index in [9.17, 15) is 13.2 Å². The Bertz CT molecular complexity index is 650. The van der Waals surface area contributed by atoms with Crippen LogP contribution < -0.4 is 5.32 Å². The molecule has 1 N–H and O–H groups in total. The molecule has 1 heterocycles. The van der Waals surface area contributed by atoms with Crippen LogP contribution in [0.2, 0.25) is 0 Å². The summed E-state index contributed by atoms with van der Waals surface area (Å²) in [6.45, 7) is 7.04. The van der Waals surface area contributed by atoms with Gasteiger partial charge < -0.3 is 5.32 Å². The zero-order chi connectivity index (χ0) is 17.0. The first-order valence-corrected chi connectivity index (χ1v) is 9.68. The van der Waals surface area contributed by atoms with Gasteiger partial charge in [-0.1, -0.05) is 12.1 Å². The molecule has 1 aliphatic heterocycles. The summed E-state index contributed by atoms with van der Waals surface area (Å²) < 4.78 is 24.6. The van der Waals surface area contributed by atoms with Gasteiger partial charge in [0.15, 0.2) is 0 Å². The lowest BCUT2D eigenvalue weighted by atomic mass is 10.1. The van der Waals surface area contributed by atoms with Crippen molar-refractivity contribution in [3.8, 4) is 0 Å². The molecule has 6 nitrogen and oxygen atoms in total. The van der Waals surface area contributed by atoms with Gasteiger partial charge in [-0.05, 0) is 31.5 Å². The molecule has 0 saturated carbocycles. The molecule has 7 heteroatoms. The van der Waals surface area contributed by atoms with Crippen molar-refractivity contribution in [3.63, 3.8) is 0 Å². The zero-order valence-corrected chi connectivity index (χ0v) is 14.8. The normalized spacial score (nSPS) is 17.4. The van der Waals surface area contributed by atoms with Crippen molar-refractivity contribution < 1.29 is 13.2 Å².